The van der Waals surface area contributed by atoms with Crippen LogP contribution < -0.4 is 5.32 Å². The Morgan fingerprint density at radius 2 is 2.11 bits per heavy atom. The van der Waals surface area contributed by atoms with E-state index in [1.807, 2.05) is 12.1 Å². The van der Waals surface area contributed by atoms with Gasteiger partial charge in [0, 0.05) is 30.0 Å². The van der Waals surface area contributed by atoms with E-state index in [-0.39, 0.29) is 10.6 Å². The lowest BCUT2D eigenvalue weighted by atomic mass is 10.2. The summed E-state index contributed by atoms with van der Waals surface area (Å²) in [4.78, 5) is 10.2. The van der Waals surface area contributed by atoms with E-state index in [4.69, 9.17) is 0 Å². The van der Waals surface area contributed by atoms with Gasteiger partial charge in [-0.25, -0.2) is 0 Å². The van der Waals surface area contributed by atoms with Gasteiger partial charge in [0.05, 0.1) is 4.92 Å². The Morgan fingerprint density at radius 3 is 2.74 bits per heavy atom. The molecule has 1 aromatic rings. The molecule has 1 N–H and O–H groups in total. The summed E-state index contributed by atoms with van der Waals surface area (Å²) in [5.74, 6) is 1.19. The molecule has 104 valence electrons. The molecule has 5 heteroatoms. The minimum Gasteiger partial charge on any atom is -0.310 e. The summed E-state index contributed by atoms with van der Waals surface area (Å²) >= 11 is 2.05. The molecule has 2 rings (SSSR count). The Hall–Kier alpha value is -1.07. The third-order valence-electron chi connectivity index (χ3n) is 3.53. The molecule has 0 amide bonds. The number of nitrogens with one attached hydrogen (secondary N) is 1. The summed E-state index contributed by atoms with van der Waals surface area (Å²) in [6.45, 7) is 3.01. The van der Waals surface area contributed by atoms with Gasteiger partial charge in [-0.15, -0.1) is 0 Å². The number of nitrogens with zero attached hydrogens (tertiary/aromatic N) is 1. The quantitative estimate of drug-likeness (QED) is 0.641. The molecule has 1 saturated carbocycles. The fraction of sp³-hybridized carbons (Fsp3) is 0.571. The molecule has 4 nitrogen and oxygen atoms in total. The van der Waals surface area contributed by atoms with Gasteiger partial charge in [-0.3, -0.25) is 10.1 Å². The Morgan fingerprint density at radius 1 is 1.37 bits per heavy atom. The molecule has 2 unspecified atom stereocenters. The zero-order valence-corrected chi connectivity index (χ0v) is 12.0. The maximum Gasteiger partial charge on any atom is 0.269 e. The molecule has 19 heavy (non-hydrogen) atoms. The van der Waals surface area contributed by atoms with Gasteiger partial charge in [-0.1, -0.05) is 19.1 Å². The fourth-order valence-corrected chi connectivity index (χ4v) is 3.65. The second kappa shape index (κ2) is 6.91. The van der Waals surface area contributed by atoms with Crippen molar-refractivity contribution in [2.24, 2.45) is 0 Å². The van der Waals surface area contributed by atoms with Gasteiger partial charge in [-0.05, 0) is 30.6 Å². The molecule has 0 aromatic heterocycles. The number of non-ortho nitro benzene ring substituents is 1. The van der Waals surface area contributed by atoms with Crippen molar-refractivity contribution in [2.75, 3.05) is 5.75 Å². The average Bonchev–Trinajstić information content (AvgIpc) is 2.85. The molecule has 0 saturated heterocycles. The molecular weight excluding hydrogens is 260 g/mol. The number of nitro groups is 1. The van der Waals surface area contributed by atoms with Gasteiger partial charge in [-0.2, -0.15) is 11.8 Å². The van der Waals surface area contributed by atoms with Gasteiger partial charge in [0.25, 0.3) is 5.69 Å². The van der Waals surface area contributed by atoms with Gasteiger partial charge < -0.3 is 5.32 Å². The number of benzene rings is 1. The van der Waals surface area contributed by atoms with Crippen molar-refractivity contribution >= 4 is 17.4 Å². The van der Waals surface area contributed by atoms with Crippen molar-refractivity contribution in [1.29, 1.82) is 0 Å². The Bertz CT molecular complexity index is 422. The van der Waals surface area contributed by atoms with Crippen LogP contribution in [0.1, 0.15) is 31.7 Å². The van der Waals surface area contributed by atoms with E-state index in [0.29, 0.717) is 6.04 Å². The number of nitro benzene ring substituents is 1. The predicted octanol–water partition coefficient (Wildman–Crippen LogP) is 3.36. The standard InChI is InChI=1S/C14H20N2O2S/c1-2-19-14-8-5-12(9-14)15-10-11-3-6-13(7-4-11)16(17)18/h3-4,6-7,12,14-15H,2,5,8-10H2,1H3. The van der Waals surface area contributed by atoms with Crippen LogP contribution in [0.5, 0.6) is 0 Å². The van der Waals surface area contributed by atoms with E-state index in [2.05, 4.69) is 24.0 Å². The van der Waals surface area contributed by atoms with E-state index < -0.39 is 0 Å². The molecule has 1 fully saturated rings. The molecule has 1 aliphatic carbocycles. The van der Waals surface area contributed by atoms with Crippen molar-refractivity contribution in [3.8, 4) is 0 Å². The highest BCUT2D eigenvalue weighted by Gasteiger charge is 2.23. The van der Waals surface area contributed by atoms with E-state index in [1.54, 1.807) is 12.1 Å². The fourth-order valence-electron chi connectivity index (χ4n) is 2.51. The Labute approximate surface area is 118 Å². The number of hydrogen-bond acceptors (Lipinski definition) is 4. The normalized spacial score (nSPS) is 22.6. The number of thioether (sulfide) groups is 1. The average molecular weight is 280 g/mol. The Kier molecular flexibility index (Phi) is 5.22. The largest absolute Gasteiger partial charge is 0.310 e. The molecule has 1 aliphatic rings. The van der Waals surface area contributed by atoms with Gasteiger partial charge in [0.2, 0.25) is 0 Å². The maximum atomic E-state index is 10.6. The van der Waals surface area contributed by atoms with Crippen molar-refractivity contribution in [3.63, 3.8) is 0 Å². The molecule has 0 spiro atoms. The van der Waals surface area contributed by atoms with Crippen molar-refractivity contribution in [1.82, 2.24) is 5.32 Å². The lowest BCUT2D eigenvalue weighted by molar-refractivity contribution is -0.384. The minimum atomic E-state index is -0.360. The van der Waals surface area contributed by atoms with E-state index in [0.717, 1.165) is 17.4 Å². The van der Waals surface area contributed by atoms with Crippen LogP contribution in [0.4, 0.5) is 5.69 Å². The monoisotopic (exact) mass is 280 g/mol. The first-order chi connectivity index (χ1) is 9.19. The summed E-state index contributed by atoms with van der Waals surface area (Å²) in [6, 6.07) is 7.40. The second-order valence-corrected chi connectivity index (χ2v) is 6.47. The summed E-state index contributed by atoms with van der Waals surface area (Å²) in [5.41, 5.74) is 1.27. The van der Waals surface area contributed by atoms with Crippen molar-refractivity contribution < 1.29 is 4.92 Å². The lowest BCUT2D eigenvalue weighted by Crippen LogP contribution is -2.26. The van der Waals surface area contributed by atoms with Crippen molar-refractivity contribution in [3.05, 3.63) is 39.9 Å². The predicted molar refractivity (Wildman–Crippen MR) is 79.5 cm³/mol. The van der Waals surface area contributed by atoms with Gasteiger partial charge in [0.15, 0.2) is 0 Å². The zero-order valence-electron chi connectivity index (χ0n) is 11.2. The van der Waals surface area contributed by atoms with Crippen LogP contribution in [0, 0.1) is 10.1 Å². The highest BCUT2D eigenvalue weighted by Crippen LogP contribution is 2.29. The van der Waals surface area contributed by atoms with Crippen LogP contribution in [-0.4, -0.2) is 22.0 Å². The van der Waals surface area contributed by atoms with Crippen LogP contribution in [0.3, 0.4) is 0 Å². The molecule has 1 aromatic carbocycles. The van der Waals surface area contributed by atoms with E-state index >= 15 is 0 Å². The van der Waals surface area contributed by atoms with Crippen molar-refractivity contribution in [2.45, 2.75) is 44.0 Å². The number of hydrogen-bond donors (Lipinski definition) is 1. The van der Waals surface area contributed by atoms with Gasteiger partial charge >= 0.3 is 0 Å². The van der Waals surface area contributed by atoms with Crippen LogP contribution in [-0.2, 0) is 6.54 Å². The molecular formula is C14H20N2O2S. The third-order valence-corrected chi connectivity index (χ3v) is 4.76. The molecule has 2 atom stereocenters. The first kappa shape index (κ1) is 14.3. The summed E-state index contributed by atoms with van der Waals surface area (Å²) in [5, 5.41) is 14.9. The van der Waals surface area contributed by atoms with Crippen LogP contribution >= 0.6 is 11.8 Å². The van der Waals surface area contributed by atoms with Crippen LogP contribution in [0.25, 0.3) is 0 Å². The first-order valence-electron chi connectivity index (χ1n) is 6.77. The Balaban J connectivity index is 1.78. The minimum absolute atomic E-state index is 0.157. The molecule has 0 aliphatic heterocycles. The SMILES string of the molecule is CCSC1CCC(NCc2ccc([N+](=O)[O-])cc2)C1. The molecule has 0 bridgehead atoms. The second-order valence-electron chi connectivity index (χ2n) is 4.89. The highest BCUT2D eigenvalue weighted by atomic mass is 32.2. The third kappa shape index (κ3) is 4.21. The highest BCUT2D eigenvalue weighted by molar-refractivity contribution is 7.99. The van der Waals surface area contributed by atoms with Crippen LogP contribution in [0.15, 0.2) is 24.3 Å². The van der Waals surface area contributed by atoms with Crippen LogP contribution in [0.2, 0.25) is 0 Å². The van der Waals surface area contributed by atoms with Gasteiger partial charge in [0.1, 0.15) is 0 Å². The zero-order chi connectivity index (χ0) is 13.7. The first-order valence-corrected chi connectivity index (χ1v) is 7.82. The number of rotatable bonds is 6. The summed E-state index contributed by atoms with van der Waals surface area (Å²) in [6.07, 6.45) is 3.78. The maximum absolute atomic E-state index is 10.6. The summed E-state index contributed by atoms with van der Waals surface area (Å²) < 4.78 is 0. The summed E-state index contributed by atoms with van der Waals surface area (Å²) in [7, 11) is 0. The van der Waals surface area contributed by atoms with E-state index in [9.17, 15) is 10.1 Å². The molecule has 0 heterocycles. The smallest absolute Gasteiger partial charge is 0.269 e. The topological polar surface area (TPSA) is 55.2 Å². The lowest BCUT2D eigenvalue weighted by Gasteiger charge is -2.13. The molecule has 0 radical (unpaired) electrons. The van der Waals surface area contributed by atoms with E-state index in [1.165, 1.54) is 25.0 Å².